The Kier molecular flexibility index (Phi) is 5.57. The Labute approximate surface area is 286 Å². The van der Waals surface area contributed by atoms with E-state index < -0.39 is 0 Å². The average molecular weight is 641 g/mol. The molecule has 0 saturated heterocycles. The molecule has 5 heterocycles. The van der Waals surface area contributed by atoms with Gasteiger partial charge in [0.1, 0.15) is 11.3 Å². The summed E-state index contributed by atoms with van der Waals surface area (Å²) in [5.74, 6) is 0.637. The van der Waals surface area contributed by atoms with E-state index in [1.54, 1.807) is 0 Å². The molecule has 0 fully saturated rings. The second-order valence-corrected chi connectivity index (χ2v) is 12.8. The van der Waals surface area contributed by atoms with Gasteiger partial charge < -0.3 is 0 Å². The lowest BCUT2D eigenvalue weighted by molar-refractivity contribution is 0.986. The summed E-state index contributed by atoms with van der Waals surface area (Å²) >= 11 is 0. The van der Waals surface area contributed by atoms with Gasteiger partial charge >= 0.3 is 0 Å². The third kappa shape index (κ3) is 3.84. The Morgan fingerprint density at radius 1 is 0.340 bits per heavy atom. The molecule has 0 saturated carbocycles. The molecule has 0 bridgehead atoms. The van der Waals surface area contributed by atoms with Crippen molar-refractivity contribution < 1.29 is 0 Å². The van der Waals surface area contributed by atoms with Crippen LogP contribution in [0.5, 0.6) is 0 Å². The summed E-state index contributed by atoms with van der Waals surface area (Å²) < 4.78 is 9.31. The van der Waals surface area contributed by atoms with E-state index in [0.29, 0.717) is 5.95 Å². The summed E-state index contributed by atoms with van der Waals surface area (Å²) in [5.41, 5.74) is 14.0. The van der Waals surface area contributed by atoms with Crippen molar-refractivity contribution in [3.8, 4) is 34.2 Å². The van der Waals surface area contributed by atoms with Crippen molar-refractivity contribution in [2.24, 2.45) is 0 Å². The van der Waals surface area contributed by atoms with Crippen LogP contribution in [0.3, 0.4) is 0 Å². The smallest absolute Gasteiger partial charge is 0.237 e. The quantitative estimate of drug-likeness (QED) is 0.192. The first kappa shape index (κ1) is 27.1. The fourth-order valence-corrected chi connectivity index (χ4v) is 7.75. The molecule has 0 unspecified atom stereocenters. The van der Waals surface area contributed by atoms with E-state index in [4.69, 9.17) is 9.97 Å². The first-order valence-electron chi connectivity index (χ1n) is 16.9. The Morgan fingerprint density at radius 3 is 1.46 bits per heavy atom. The van der Waals surface area contributed by atoms with Gasteiger partial charge in [-0.1, -0.05) is 109 Å². The first-order chi connectivity index (χ1) is 24.8. The number of hydrogen-bond donors (Lipinski definition) is 0. The molecule has 0 aliphatic carbocycles. The predicted molar refractivity (Wildman–Crippen MR) is 203 cm³/mol. The van der Waals surface area contributed by atoms with Crippen LogP contribution in [0.1, 0.15) is 0 Å². The highest BCUT2D eigenvalue weighted by Gasteiger charge is 2.21. The van der Waals surface area contributed by atoms with Gasteiger partial charge in [-0.05, 0) is 60.7 Å². The number of aromatic nitrogens is 6. The van der Waals surface area contributed by atoms with Crippen molar-refractivity contribution in [3.63, 3.8) is 0 Å². The molecule has 0 N–H and O–H groups in total. The topological polar surface area (TPSA) is 44.5 Å². The van der Waals surface area contributed by atoms with Crippen LogP contribution < -0.4 is 0 Å². The maximum atomic E-state index is 5.22. The van der Waals surface area contributed by atoms with Crippen LogP contribution in [-0.4, -0.2) is 27.9 Å². The zero-order valence-electron chi connectivity index (χ0n) is 26.8. The number of nitrogens with zero attached hydrogens (tertiary/aromatic N) is 6. The molecular formula is C44H28N6. The van der Waals surface area contributed by atoms with Crippen LogP contribution in [-0.2, 0) is 0 Å². The molecule has 5 aromatic heterocycles. The van der Waals surface area contributed by atoms with Gasteiger partial charge in [-0.15, -0.1) is 0 Å². The number of benzene rings is 6. The van der Waals surface area contributed by atoms with Gasteiger partial charge in [-0.25, -0.2) is 9.97 Å². The molecule has 11 rings (SSSR count). The molecule has 6 heteroatoms. The lowest BCUT2D eigenvalue weighted by atomic mass is 10.1. The normalized spacial score (nSPS) is 12.0. The lowest BCUT2D eigenvalue weighted by Gasteiger charge is -2.10. The summed E-state index contributed by atoms with van der Waals surface area (Å²) in [7, 11) is 0. The fraction of sp³-hybridized carbons (Fsp3) is 0. The van der Waals surface area contributed by atoms with Gasteiger partial charge in [-0.2, -0.15) is 0 Å². The molecule has 50 heavy (non-hydrogen) atoms. The fourth-order valence-electron chi connectivity index (χ4n) is 7.75. The minimum Gasteiger partial charge on any atom is -0.294 e. The molecule has 6 aromatic carbocycles. The van der Waals surface area contributed by atoms with Crippen molar-refractivity contribution in [1.82, 2.24) is 27.9 Å². The minimum atomic E-state index is 0.637. The monoisotopic (exact) mass is 640 g/mol. The van der Waals surface area contributed by atoms with E-state index in [1.807, 2.05) is 12.1 Å². The minimum absolute atomic E-state index is 0.637. The maximum Gasteiger partial charge on any atom is 0.237 e. The van der Waals surface area contributed by atoms with Crippen LogP contribution in [0, 0.1) is 0 Å². The van der Waals surface area contributed by atoms with Crippen LogP contribution >= 0.6 is 0 Å². The summed E-state index contributed by atoms with van der Waals surface area (Å²) in [6.07, 6.45) is 0. The van der Waals surface area contributed by atoms with E-state index in [0.717, 1.165) is 61.4 Å². The van der Waals surface area contributed by atoms with Gasteiger partial charge in [0.25, 0.3) is 0 Å². The van der Waals surface area contributed by atoms with Crippen LogP contribution in [0.25, 0.3) is 89.3 Å². The van der Waals surface area contributed by atoms with Crippen molar-refractivity contribution in [2.45, 2.75) is 0 Å². The third-order valence-electron chi connectivity index (χ3n) is 9.96. The van der Waals surface area contributed by atoms with Crippen molar-refractivity contribution in [3.05, 3.63) is 170 Å². The second kappa shape index (κ2) is 10.3. The van der Waals surface area contributed by atoms with Crippen molar-refractivity contribution in [2.75, 3.05) is 0 Å². The van der Waals surface area contributed by atoms with Gasteiger partial charge in [-0.3, -0.25) is 17.9 Å². The largest absolute Gasteiger partial charge is 0.294 e. The summed E-state index contributed by atoms with van der Waals surface area (Å²) in [6.45, 7) is 0. The Balaban J connectivity index is 1.19. The molecule has 0 aliphatic rings. The summed E-state index contributed by atoms with van der Waals surface area (Å²) in [5, 5.41) is 2.38. The standard InChI is InChI=1S/C44H28N6/c1-3-13-29(14-4-1)34-28-35(30-15-5-2-6-16-30)46-44(45-34)50-40-22-12-11-21-39(40)49-41-27-33(24-23-32(41)26-43(49)50)47-37-19-9-10-20-38(37)48-36-18-8-7-17-31(36)25-42(47)48/h1-28H. The third-order valence-corrected chi connectivity index (χ3v) is 9.96. The van der Waals surface area contributed by atoms with Crippen molar-refractivity contribution >= 4 is 55.2 Å². The zero-order valence-corrected chi connectivity index (χ0v) is 26.8. The van der Waals surface area contributed by atoms with Crippen LogP contribution in [0.15, 0.2) is 170 Å². The lowest BCUT2D eigenvalue weighted by Crippen LogP contribution is -2.04. The Hall–Kier alpha value is -6.92. The number of para-hydroxylation sites is 5. The number of hydrogen-bond acceptors (Lipinski definition) is 2. The van der Waals surface area contributed by atoms with Crippen molar-refractivity contribution in [1.29, 1.82) is 0 Å². The van der Waals surface area contributed by atoms with Gasteiger partial charge in [0.15, 0.2) is 0 Å². The summed E-state index contributed by atoms with van der Waals surface area (Å²) in [4.78, 5) is 10.4. The van der Waals surface area contributed by atoms with Crippen LogP contribution in [0.2, 0.25) is 0 Å². The first-order valence-corrected chi connectivity index (χ1v) is 16.9. The number of rotatable bonds is 4. The highest BCUT2D eigenvalue weighted by Crippen LogP contribution is 2.36. The van der Waals surface area contributed by atoms with Gasteiger partial charge in [0.05, 0.1) is 44.5 Å². The molecular weight excluding hydrogens is 613 g/mol. The molecule has 0 radical (unpaired) electrons. The van der Waals surface area contributed by atoms with E-state index in [2.05, 4.69) is 176 Å². The molecule has 0 atom stereocenters. The predicted octanol–water partition coefficient (Wildman–Crippen LogP) is 10.5. The Bertz CT molecular complexity index is 3030. The number of imidazole rings is 2. The highest BCUT2D eigenvalue weighted by atomic mass is 15.2. The van der Waals surface area contributed by atoms with Gasteiger partial charge in [0.2, 0.25) is 5.95 Å². The van der Waals surface area contributed by atoms with Gasteiger partial charge in [0, 0.05) is 27.6 Å². The molecule has 6 nitrogen and oxygen atoms in total. The SMILES string of the molecule is c1ccc(-c2cc(-c3ccccc3)nc(-n3c4ccccc4n4c5cc(-n6c7ccccc7n7c8ccccc8cc67)ccc5cc34)n2)cc1. The molecule has 0 amide bonds. The van der Waals surface area contributed by atoms with E-state index in [-0.39, 0.29) is 0 Å². The molecule has 234 valence electrons. The van der Waals surface area contributed by atoms with E-state index in [1.165, 1.54) is 21.9 Å². The Morgan fingerprint density at radius 2 is 0.820 bits per heavy atom. The molecule has 0 aliphatic heterocycles. The highest BCUT2D eigenvalue weighted by molar-refractivity contribution is 5.99. The summed E-state index contributed by atoms with van der Waals surface area (Å²) in [6, 6.07) is 59.9. The maximum absolute atomic E-state index is 5.22. The average Bonchev–Trinajstić information content (AvgIpc) is 3.91. The van der Waals surface area contributed by atoms with E-state index >= 15 is 0 Å². The van der Waals surface area contributed by atoms with Crippen LogP contribution in [0.4, 0.5) is 0 Å². The second-order valence-electron chi connectivity index (χ2n) is 12.8. The molecule has 11 aromatic rings. The molecule has 0 spiro atoms. The zero-order chi connectivity index (χ0) is 32.8. The number of fused-ring (bicyclic) bond motifs is 10. The van der Waals surface area contributed by atoms with E-state index in [9.17, 15) is 0 Å².